The Morgan fingerprint density at radius 1 is 1.29 bits per heavy atom. The molecule has 0 aliphatic carbocycles. The van der Waals surface area contributed by atoms with Crippen LogP contribution in [-0.2, 0) is 0 Å². The van der Waals surface area contributed by atoms with Crippen LogP contribution in [0.15, 0.2) is 42.5 Å². The van der Waals surface area contributed by atoms with E-state index in [2.05, 4.69) is 17.1 Å². The molecule has 1 saturated heterocycles. The third kappa shape index (κ3) is 4.01. The summed E-state index contributed by atoms with van der Waals surface area (Å²) < 4.78 is 0. The number of carbonyl (C=O) groups excluding carboxylic acids is 1. The van der Waals surface area contributed by atoms with E-state index in [4.69, 9.17) is 0 Å². The number of benzene rings is 2. The molecular weight excluding hydrogens is 354 g/mol. The average Bonchev–Trinajstić information content (AvgIpc) is 2.72. The van der Waals surface area contributed by atoms with Gasteiger partial charge in [-0.2, -0.15) is 0 Å². The van der Waals surface area contributed by atoms with Crippen molar-refractivity contribution in [3.8, 4) is 0 Å². The fourth-order valence-electron chi connectivity index (χ4n) is 4.03. The molecule has 2 unspecified atom stereocenters. The zero-order valence-electron chi connectivity index (χ0n) is 16.6. The molecule has 1 aliphatic heterocycles. The summed E-state index contributed by atoms with van der Waals surface area (Å²) in [5.74, 6) is 0.240. The lowest BCUT2D eigenvalue weighted by atomic mass is 9.88. The minimum atomic E-state index is -0.296. The lowest BCUT2D eigenvalue weighted by Gasteiger charge is -2.32. The van der Waals surface area contributed by atoms with Crippen molar-refractivity contribution in [2.24, 2.45) is 5.92 Å². The molecule has 0 bridgehead atoms. The maximum absolute atomic E-state index is 12.2. The van der Waals surface area contributed by atoms with Gasteiger partial charge < -0.3 is 10.2 Å². The molecule has 3 rings (SSSR count). The Morgan fingerprint density at radius 3 is 2.71 bits per heavy atom. The number of piperidine rings is 1. The zero-order chi connectivity index (χ0) is 20.3. The molecule has 1 aliphatic rings. The number of nitrogens with zero attached hydrogens (tertiary/aromatic N) is 2. The van der Waals surface area contributed by atoms with Crippen LogP contribution in [0.2, 0.25) is 0 Å². The van der Waals surface area contributed by atoms with E-state index in [1.807, 2.05) is 37.3 Å². The first kappa shape index (κ1) is 19.9. The molecule has 0 aromatic heterocycles. The highest BCUT2D eigenvalue weighted by Gasteiger charge is 2.26. The van der Waals surface area contributed by atoms with Crippen molar-refractivity contribution in [1.82, 2.24) is 5.32 Å². The third-order valence-electron chi connectivity index (χ3n) is 5.59. The summed E-state index contributed by atoms with van der Waals surface area (Å²) in [7, 11) is 1.60. The smallest absolute Gasteiger partial charge is 0.292 e. The number of rotatable bonds is 5. The summed E-state index contributed by atoms with van der Waals surface area (Å²) in [5.41, 5.74) is 3.10. The molecule has 1 N–H and O–H groups in total. The normalized spacial score (nSPS) is 17.8. The Morgan fingerprint density at radius 2 is 2.04 bits per heavy atom. The first-order chi connectivity index (χ1) is 13.4. The second-order valence-electron chi connectivity index (χ2n) is 7.59. The van der Waals surface area contributed by atoms with Crippen LogP contribution >= 0.6 is 0 Å². The van der Waals surface area contributed by atoms with Gasteiger partial charge in [-0.3, -0.25) is 14.9 Å². The summed E-state index contributed by atoms with van der Waals surface area (Å²) in [5, 5.41) is 14.5. The van der Waals surface area contributed by atoms with Crippen LogP contribution < -0.4 is 10.2 Å². The number of nitrogens with one attached hydrogen (secondary N) is 1. The highest BCUT2D eigenvalue weighted by Crippen LogP contribution is 2.36. The van der Waals surface area contributed by atoms with Gasteiger partial charge in [0.05, 0.1) is 4.92 Å². The van der Waals surface area contributed by atoms with Gasteiger partial charge >= 0.3 is 0 Å². The van der Waals surface area contributed by atoms with E-state index in [0.717, 1.165) is 37.1 Å². The first-order valence-electron chi connectivity index (χ1n) is 9.76. The Labute approximate surface area is 165 Å². The Balaban J connectivity index is 1.99. The lowest BCUT2D eigenvalue weighted by Crippen LogP contribution is -2.34. The van der Waals surface area contributed by atoms with E-state index < -0.39 is 0 Å². The van der Waals surface area contributed by atoms with Crippen LogP contribution in [0.3, 0.4) is 0 Å². The standard InChI is InChI=1S/C22H27N3O3/c1-15-7-6-12-24(14-15)20-11-10-17(13-21(20)25(27)28)16(2)18-8-4-5-9-19(18)22(26)23-3/h4-5,8-11,13,15-16H,6-7,12,14H2,1-3H3,(H,23,26). The van der Waals surface area contributed by atoms with Crippen molar-refractivity contribution in [3.63, 3.8) is 0 Å². The molecule has 2 aromatic carbocycles. The summed E-state index contributed by atoms with van der Waals surface area (Å²) in [6.45, 7) is 5.85. The second kappa shape index (κ2) is 8.42. The maximum atomic E-state index is 12.2. The van der Waals surface area contributed by atoms with Gasteiger partial charge in [-0.25, -0.2) is 0 Å². The molecule has 1 amide bonds. The third-order valence-corrected chi connectivity index (χ3v) is 5.59. The van der Waals surface area contributed by atoms with Crippen LogP contribution in [0.25, 0.3) is 0 Å². The monoisotopic (exact) mass is 381 g/mol. The Kier molecular flexibility index (Phi) is 5.97. The molecule has 6 heteroatoms. The van der Waals surface area contributed by atoms with Gasteiger partial charge in [0.1, 0.15) is 5.69 Å². The first-order valence-corrected chi connectivity index (χ1v) is 9.76. The highest BCUT2D eigenvalue weighted by atomic mass is 16.6. The molecule has 148 valence electrons. The predicted octanol–water partition coefficient (Wildman–Crippen LogP) is 4.34. The minimum absolute atomic E-state index is 0.135. The van der Waals surface area contributed by atoms with E-state index in [-0.39, 0.29) is 22.4 Å². The number of anilines is 1. The maximum Gasteiger partial charge on any atom is 0.292 e. The van der Waals surface area contributed by atoms with E-state index in [1.54, 1.807) is 19.2 Å². The van der Waals surface area contributed by atoms with Gasteiger partial charge in [-0.05, 0) is 42.0 Å². The predicted molar refractivity (Wildman–Crippen MR) is 111 cm³/mol. The average molecular weight is 381 g/mol. The summed E-state index contributed by atoms with van der Waals surface area (Å²) in [6.07, 6.45) is 2.21. The topological polar surface area (TPSA) is 75.5 Å². The van der Waals surface area contributed by atoms with E-state index >= 15 is 0 Å². The molecule has 1 fully saturated rings. The van der Waals surface area contributed by atoms with Gasteiger partial charge in [0.25, 0.3) is 11.6 Å². The van der Waals surface area contributed by atoms with Gasteiger partial charge in [0.2, 0.25) is 0 Å². The lowest BCUT2D eigenvalue weighted by molar-refractivity contribution is -0.384. The van der Waals surface area contributed by atoms with Gasteiger partial charge in [-0.15, -0.1) is 0 Å². The molecule has 0 spiro atoms. The molecule has 2 atom stereocenters. The van der Waals surface area contributed by atoms with Crippen LogP contribution in [0, 0.1) is 16.0 Å². The minimum Gasteiger partial charge on any atom is -0.366 e. The molecule has 2 aromatic rings. The summed E-state index contributed by atoms with van der Waals surface area (Å²) >= 11 is 0. The van der Waals surface area contributed by atoms with E-state index in [0.29, 0.717) is 17.2 Å². The van der Waals surface area contributed by atoms with Crippen LogP contribution in [0.4, 0.5) is 11.4 Å². The number of carbonyl (C=O) groups is 1. The molecule has 6 nitrogen and oxygen atoms in total. The Bertz CT molecular complexity index is 881. The van der Waals surface area contributed by atoms with Crippen LogP contribution in [-0.4, -0.2) is 31.0 Å². The molecular formula is C22H27N3O3. The molecule has 1 heterocycles. The van der Waals surface area contributed by atoms with Gasteiger partial charge in [0.15, 0.2) is 0 Å². The fraction of sp³-hybridized carbons (Fsp3) is 0.409. The highest BCUT2D eigenvalue weighted by molar-refractivity contribution is 5.95. The van der Waals surface area contributed by atoms with Crippen molar-refractivity contribution in [2.75, 3.05) is 25.0 Å². The van der Waals surface area contributed by atoms with E-state index in [9.17, 15) is 14.9 Å². The number of hydrogen-bond acceptors (Lipinski definition) is 4. The number of amides is 1. The van der Waals surface area contributed by atoms with Crippen LogP contribution in [0.5, 0.6) is 0 Å². The van der Waals surface area contributed by atoms with Crippen molar-refractivity contribution < 1.29 is 9.72 Å². The SMILES string of the molecule is CNC(=O)c1ccccc1C(C)c1ccc(N2CCCC(C)C2)c([N+](=O)[O-])c1. The van der Waals surface area contributed by atoms with E-state index in [1.165, 1.54) is 0 Å². The number of hydrogen-bond donors (Lipinski definition) is 1. The molecule has 0 saturated carbocycles. The van der Waals surface area contributed by atoms with Crippen molar-refractivity contribution in [1.29, 1.82) is 0 Å². The van der Waals surface area contributed by atoms with Gasteiger partial charge in [0, 0.05) is 37.7 Å². The Hall–Kier alpha value is -2.89. The van der Waals surface area contributed by atoms with Crippen molar-refractivity contribution >= 4 is 17.3 Å². The van der Waals surface area contributed by atoms with Crippen molar-refractivity contribution in [2.45, 2.75) is 32.6 Å². The van der Waals surface area contributed by atoms with Gasteiger partial charge in [-0.1, -0.05) is 38.1 Å². The fourth-order valence-corrected chi connectivity index (χ4v) is 4.03. The molecule has 28 heavy (non-hydrogen) atoms. The zero-order valence-corrected chi connectivity index (χ0v) is 16.6. The molecule has 0 radical (unpaired) electrons. The van der Waals surface area contributed by atoms with Crippen LogP contribution in [0.1, 0.15) is 54.1 Å². The summed E-state index contributed by atoms with van der Waals surface area (Å²) in [6, 6.07) is 12.9. The summed E-state index contributed by atoms with van der Waals surface area (Å²) in [4.78, 5) is 25.8. The quantitative estimate of drug-likeness (QED) is 0.617. The number of nitro groups is 1. The number of nitro benzene ring substituents is 1. The largest absolute Gasteiger partial charge is 0.366 e. The second-order valence-corrected chi connectivity index (χ2v) is 7.59. The van der Waals surface area contributed by atoms with Crippen molar-refractivity contribution in [3.05, 3.63) is 69.3 Å².